The number of fused-ring (bicyclic) bond motifs is 1. The van der Waals surface area contributed by atoms with E-state index in [1.54, 1.807) is 43.0 Å². The van der Waals surface area contributed by atoms with E-state index < -0.39 is 30.7 Å². The monoisotopic (exact) mass is 373 g/mol. The van der Waals surface area contributed by atoms with E-state index in [4.69, 9.17) is 14.2 Å². The highest BCUT2D eigenvalue weighted by Crippen LogP contribution is 2.33. The van der Waals surface area contributed by atoms with Gasteiger partial charge in [-0.1, -0.05) is 18.2 Å². The number of para-hydroxylation sites is 2. The summed E-state index contributed by atoms with van der Waals surface area (Å²) in [5, 5.41) is 2.70. The van der Waals surface area contributed by atoms with Gasteiger partial charge in [-0.25, -0.2) is 4.79 Å². The first-order valence-corrected chi connectivity index (χ1v) is 9.32. The van der Waals surface area contributed by atoms with E-state index in [9.17, 15) is 9.59 Å². The summed E-state index contributed by atoms with van der Waals surface area (Å²) in [4.78, 5) is 25.3. The van der Waals surface area contributed by atoms with Gasteiger partial charge < -0.3 is 19.5 Å². The molecule has 1 aliphatic rings. The van der Waals surface area contributed by atoms with Gasteiger partial charge in [0, 0.05) is 10.6 Å². The molecule has 0 aromatic heterocycles. The molecule has 3 rings (SSSR count). The first-order chi connectivity index (χ1) is 12.6. The Balaban J connectivity index is 1.54. The second-order valence-corrected chi connectivity index (χ2v) is 6.58. The molecule has 0 saturated carbocycles. The highest BCUT2D eigenvalue weighted by Gasteiger charge is 2.35. The molecule has 2 atom stereocenters. The largest absolute Gasteiger partial charge is 0.482 e. The lowest BCUT2D eigenvalue weighted by Crippen LogP contribution is -2.45. The number of hydrogen-bond acceptors (Lipinski definition) is 6. The molecule has 0 radical (unpaired) electrons. The molecular formula is C19H19NO5S. The normalized spacial score (nSPS) is 18.1. The fraction of sp³-hybridized carbons (Fsp3) is 0.263. The maximum absolute atomic E-state index is 12.3. The van der Waals surface area contributed by atoms with Crippen molar-refractivity contribution >= 4 is 29.3 Å². The van der Waals surface area contributed by atoms with Crippen LogP contribution in [0.25, 0.3) is 0 Å². The van der Waals surface area contributed by atoms with Crippen molar-refractivity contribution in [3.63, 3.8) is 0 Å². The first-order valence-electron chi connectivity index (χ1n) is 8.09. The smallest absolute Gasteiger partial charge is 0.351 e. The Morgan fingerprint density at radius 3 is 2.58 bits per heavy atom. The Hall–Kier alpha value is -2.67. The zero-order chi connectivity index (χ0) is 18.5. The number of anilines is 1. The van der Waals surface area contributed by atoms with E-state index in [2.05, 4.69) is 5.32 Å². The van der Waals surface area contributed by atoms with Gasteiger partial charge in [0.1, 0.15) is 6.10 Å². The Kier molecular flexibility index (Phi) is 5.68. The van der Waals surface area contributed by atoms with Crippen LogP contribution in [0.4, 0.5) is 5.69 Å². The summed E-state index contributed by atoms with van der Waals surface area (Å²) in [5.41, 5.74) is 0.650. The van der Waals surface area contributed by atoms with Gasteiger partial charge in [0.25, 0.3) is 5.91 Å². The Morgan fingerprint density at radius 2 is 1.85 bits per heavy atom. The van der Waals surface area contributed by atoms with E-state index in [-0.39, 0.29) is 0 Å². The number of rotatable bonds is 5. The number of amides is 1. The fourth-order valence-corrected chi connectivity index (χ4v) is 2.96. The van der Waals surface area contributed by atoms with Crippen LogP contribution in [0.3, 0.4) is 0 Å². The topological polar surface area (TPSA) is 73.9 Å². The van der Waals surface area contributed by atoms with E-state index in [1.165, 1.54) is 0 Å². The van der Waals surface area contributed by atoms with Crippen LogP contribution in [0.5, 0.6) is 11.5 Å². The molecule has 1 N–H and O–H groups in total. The van der Waals surface area contributed by atoms with Gasteiger partial charge in [0.2, 0.25) is 6.10 Å². The number of thioether (sulfide) groups is 1. The minimum Gasteiger partial charge on any atom is -0.482 e. The minimum atomic E-state index is -0.919. The third kappa shape index (κ3) is 4.29. The standard InChI is InChI=1S/C19H19NO5S/c1-12-18(25-16-9-4-3-8-15(16)24-12)19(22)23-11-17(21)20-13-6-5-7-14(10-13)26-2/h3-10,12,18H,11H2,1-2H3,(H,20,21). The summed E-state index contributed by atoms with van der Waals surface area (Å²) in [6.07, 6.45) is 0.519. The van der Waals surface area contributed by atoms with Gasteiger partial charge in [-0.15, -0.1) is 11.8 Å². The summed E-state index contributed by atoms with van der Waals surface area (Å²) in [6, 6.07) is 14.5. The number of ether oxygens (including phenoxy) is 3. The molecule has 0 saturated heterocycles. The highest BCUT2D eigenvalue weighted by molar-refractivity contribution is 7.98. The number of carbonyl (C=O) groups is 2. The summed E-state index contributed by atoms with van der Waals surface area (Å²) >= 11 is 1.57. The van der Waals surface area contributed by atoms with Gasteiger partial charge >= 0.3 is 5.97 Å². The minimum absolute atomic E-state index is 0.392. The molecule has 6 nitrogen and oxygen atoms in total. The fourth-order valence-electron chi connectivity index (χ4n) is 2.50. The van der Waals surface area contributed by atoms with Gasteiger partial charge in [-0.2, -0.15) is 0 Å². The molecule has 1 heterocycles. The molecular weight excluding hydrogens is 354 g/mol. The number of esters is 1. The second-order valence-electron chi connectivity index (χ2n) is 5.70. The Bertz CT molecular complexity index is 810. The average Bonchev–Trinajstić information content (AvgIpc) is 2.65. The average molecular weight is 373 g/mol. The zero-order valence-corrected chi connectivity index (χ0v) is 15.2. The van der Waals surface area contributed by atoms with E-state index >= 15 is 0 Å². The number of hydrogen-bond donors (Lipinski definition) is 1. The van der Waals surface area contributed by atoms with E-state index in [0.717, 1.165) is 4.90 Å². The maximum atomic E-state index is 12.3. The first kappa shape index (κ1) is 18.1. The molecule has 1 amide bonds. The van der Waals surface area contributed by atoms with Crippen molar-refractivity contribution in [1.82, 2.24) is 0 Å². The molecule has 0 fully saturated rings. The molecule has 26 heavy (non-hydrogen) atoms. The quantitative estimate of drug-likeness (QED) is 0.641. The van der Waals surface area contributed by atoms with Crippen LogP contribution >= 0.6 is 11.8 Å². The van der Waals surface area contributed by atoms with Crippen molar-refractivity contribution in [2.45, 2.75) is 24.0 Å². The van der Waals surface area contributed by atoms with Crippen LogP contribution in [-0.2, 0) is 14.3 Å². The second kappa shape index (κ2) is 8.14. The molecule has 7 heteroatoms. The van der Waals surface area contributed by atoms with Gasteiger partial charge in [0.05, 0.1) is 0 Å². The SMILES string of the molecule is CSc1cccc(NC(=O)COC(=O)C2Oc3ccccc3OC2C)c1. The molecule has 0 spiro atoms. The molecule has 0 bridgehead atoms. The van der Waals surface area contributed by atoms with Crippen molar-refractivity contribution in [3.05, 3.63) is 48.5 Å². The Morgan fingerprint density at radius 1 is 1.12 bits per heavy atom. The lowest BCUT2D eigenvalue weighted by Gasteiger charge is -2.30. The van der Waals surface area contributed by atoms with Crippen LogP contribution in [0, 0.1) is 0 Å². The third-order valence-electron chi connectivity index (χ3n) is 3.77. The van der Waals surface area contributed by atoms with Crippen LogP contribution in [0.15, 0.2) is 53.4 Å². The van der Waals surface area contributed by atoms with Crippen molar-refractivity contribution in [2.24, 2.45) is 0 Å². The van der Waals surface area contributed by atoms with Crippen LogP contribution in [-0.4, -0.2) is 36.9 Å². The van der Waals surface area contributed by atoms with Gasteiger partial charge in [0.15, 0.2) is 18.1 Å². The van der Waals surface area contributed by atoms with Crippen LogP contribution in [0.2, 0.25) is 0 Å². The van der Waals surface area contributed by atoms with E-state index in [0.29, 0.717) is 17.2 Å². The number of benzene rings is 2. The van der Waals surface area contributed by atoms with E-state index in [1.807, 2.05) is 30.5 Å². The molecule has 2 unspecified atom stereocenters. The third-order valence-corrected chi connectivity index (χ3v) is 4.50. The number of nitrogens with one attached hydrogen (secondary N) is 1. The van der Waals surface area contributed by atoms with Gasteiger partial charge in [-0.05, 0) is 43.5 Å². The maximum Gasteiger partial charge on any atom is 0.351 e. The molecule has 2 aromatic rings. The zero-order valence-electron chi connectivity index (χ0n) is 14.4. The predicted molar refractivity (Wildman–Crippen MR) is 98.8 cm³/mol. The lowest BCUT2D eigenvalue weighted by atomic mass is 10.2. The Labute approximate surface area is 155 Å². The molecule has 1 aliphatic heterocycles. The summed E-state index contributed by atoms with van der Waals surface area (Å²) in [5.74, 6) is 0.00255. The highest BCUT2D eigenvalue weighted by atomic mass is 32.2. The van der Waals surface area contributed by atoms with Gasteiger partial charge in [-0.3, -0.25) is 4.79 Å². The number of carbonyl (C=O) groups excluding carboxylic acids is 2. The van der Waals surface area contributed by atoms with Crippen LogP contribution in [0.1, 0.15) is 6.92 Å². The lowest BCUT2D eigenvalue weighted by molar-refractivity contribution is -0.159. The van der Waals surface area contributed by atoms with Crippen molar-refractivity contribution in [3.8, 4) is 11.5 Å². The van der Waals surface area contributed by atoms with Crippen molar-refractivity contribution < 1.29 is 23.8 Å². The summed E-state index contributed by atoms with van der Waals surface area (Å²) < 4.78 is 16.4. The molecule has 2 aromatic carbocycles. The summed E-state index contributed by atoms with van der Waals surface area (Å²) in [6.45, 7) is 1.33. The molecule has 0 aliphatic carbocycles. The van der Waals surface area contributed by atoms with Crippen molar-refractivity contribution in [1.29, 1.82) is 0 Å². The molecule has 136 valence electrons. The summed E-state index contributed by atoms with van der Waals surface area (Å²) in [7, 11) is 0. The van der Waals surface area contributed by atoms with Crippen molar-refractivity contribution in [2.75, 3.05) is 18.2 Å². The predicted octanol–water partition coefficient (Wildman–Crippen LogP) is 3.12. The van der Waals surface area contributed by atoms with Crippen LogP contribution < -0.4 is 14.8 Å².